The Labute approximate surface area is 195 Å². The van der Waals surface area contributed by atoms with Crippen molar-refractivity contribution >= 4 is 11.4 Å². The van der Waals surface area contributed by atoms with E-state index in [4.69, 9.17) is 0 Å². The SMILES string of the molecule is CCN(CC)c1ccc(C(C)c2cccc(C(C)c3ccc(N(CC)CC)cc3)c2)cc1. The van der Waals surface area contributed by atoms with E-state index in [1.54, 1.807) is 0 Å². The fraction of sp³-hybridized carbons (Fsp3) is 0.400. The second-order valence-electron chi connectivity index (χ2n) is 8.64. The minimum atomic E-state index is 0.373. The molecule has 3 aromatic carbocycles. The summed E-state index contributed by atoms with van der Waals surface area (Å²) >= 11 is 0. The average molecular weight is 429 g/mol. The minimum Gasteiger partial charge on any atom is -0.372 e. The van der Waals surface area contributed by atoms with Crippen LogP contribution in [0.25, 0.3) is 0 Å². The molecule has 2 heteroatoms. The van der Waals surface area contributed by atoms with E-state index < -0.39 is 0 Å². The zero-order valence-corrected chi connectivity index (χ0v) is 20.8. The quantitative estimate of drug-likeness (QED) is 0.327. The molecule has 3 aromatic rings. The number of hydrogen-bond donors (Lipinski definition) is 0. The number of benzene rings is 3. The Morgan fingerprint density at radius 1 is 0.500 bits per heavy atom. The Balaban J connectivity index is 1.78. The van der Waals surface area contributed by atoms with Crippen LogP contribution in [-0.4, -0.2) is 26.2 Å². The molecular weight excluding hydrogens is 388 g/mol. The second kappa shape index (κ2) is 11.2. The molecule has 3 rings (SSSR count). The lowest BCUT2D eigenvalue weighted by molar-refractivity contribution is 0.859. The van der Waals surface area contributed by atoms with Crippen LogP contribution in [0.15, 0.2) is 72.8 Å². The van der Waals surface area contributed by atoms with Crippen LogP contribution in [0, 0.1) is 0 Å². The standard InChI is InChI=1S/C30H40N2/c1-7-31(8-2)29-18-14-25(15-19-29)23(5)27-12-11-13-28(22-27)24(6)26-16-20-30(21-17-26)32(9-3)10-4/h11-24H,7-10H2,1-6H3. The monoisotopic (exact) mass is 428 g/mol. The largest absolute Gasteiger partial charge is 0.372 e. The number of hydrogen-bond acceptors (Lipinski definition) is 2. The Morgan fingerprint density at radius 2 is 0.844 bits per heavy atom. The first-order valence-corrected chi connectivity index (χ1v) is 12.3. The van der Waals surface area contributed by atoms with Crippen molar-refractivity contribution in [3.63, 3.8) is 0 Å². The van der Waals surface area contributed by atoms with Crippen LogP contribution in [0.2, 0.25) is 0 Å². The van der Waals surface area contributed by atoms with Crippen LogP contribution in [0.4, 0.5) is 11.4 Å². The minimum absolute atomic E-state index is 0.373. The third kappa shape index (κ3) is 5.35. The predicted octanol–water partition coefficient (Wildman–Crippen LogP) is 7.68. The molecular formula is C30H40N2. The first-order chi connectivity index (χ1) is 15.5. The summed E-state index contributed by atoms with van der Waals surface area (Å²) in [6.07, 6.45) is 0. The topological polar surface area (TPSA) is 6.48 Å². The molecule has 0 aliphatic rings. The lowest BCUT2D eigenvalue weighted by Gasteiger charge is -2.23. The van der Waals surface area contributed by atoms with E-state index in [9.17, 15) is 0 Å². The van der Waals surface area contributed by atoms with E-state index in [0.29, 0.717) is 11.8 Å². The average Bonchev–Trinajstić information content (AvgIpc) is 2.85. The molecule has 170 valence electrons. The zero-order valence-electron chi connectivity index (χ0n) is 20.8. The Morgan fingerprint density at radius 3 is 1.16 bits per heavy atom. The van der Waals surface area contributed by atoms with Crippen molar-refractivity contribution in [1.29, 1.82) is 0 Å². The molecule has 0 heterocycles. The van der Waals surface area contributed by atoms with Crippen molar-refractivity contribution < 1.29 is 0 Å². The molecule has 0 aliphatic carbocycles. The van der Waals surface area contributed by atoms with Gasteiger partial charge in [0.25, 0.3) is 0 Å². The van der Waals surface area contributed by atoms with Gasteiger partial charge in [0, 0.05) is 49.4 Å². The molecule has 0 amide bonds. The Kier molecular flexibility index (Phi) is 8.39. The van der Waals surface area contributed by atoms with E-state index in [1.165, 1.54) is 33.6 Å². The lowest BCUT2D eigenvalue weighted by atomic mass is 9.87. The van der Waals surface area contributed by atoms with Crippen LogP contribution in [0.5, 0.6) is 0 Å². The summed E-state index contributed by atoms with van der Waals surface area (Å²) in [5.41, 5.74) is 8.11. The molecule has 0 saturated carbocycles. The first kappa shape index (κ1) is 23.9. The van der Waals surface area contributed by atoms with Gasteiger partial charge >= 0.3 is 0 Å². The number of anilines is 2. The fourth-order valence-corrected chi connectivity index (χ4v) is 4.61. The van der Waals surface area contributed by atoms with E-state index in [2.05, 4.69) is 124 Å². The molecule has 0 aromatic heterocycles. The van der Waals surface area contributed by atoms with Gasteiger partial charge in [-0.2, -0.15) is 0 Å². The van der Waals surface area contributed by atoms with Crippen LogP contribution in [-0.2, 0) is 0 Å². The highest BCUT2D eigenvalue weighted by molar-refractivity contribution is 5.50. The second-order valence-corrected chi connectivity index (χ2v) is 8.64. The van der Waals surface area contributed by atoms with E-state index in [1.807, 2.05) is 0 Å². The van der Waals surface area contributed by atoms with Gasteiger partial charge in [0.15, 0.2) is 0 Å². The van der Waals surface area contributed by atoms with Gasteiger partial charge in [0.1, 0.15) is 0 Å². The van der Waals surface area contributed by atoms with Gasteiger partial charge in [0.2, 0.25) is 0 Å². The molecule has 0 fully saturated rings. The van der Waals surface area contributed by atoms with Crippen LogP contribution >= 0.6 is 0 Å². The van der Waals surface area contributed by atoms with Crippen LogP contribution in [0.3, 0.4) is 0 Å². The summed E-state index contributed by atoms with van der Waals surface area (Å²) in [6.45, 7) is 17.6. The maximum Gasteiger partial charge on any atom is 0.0366 e. The molecule has 2 unspecified atom stereocenters. The summed E-state index contributed by atoms with van der Waals surface area (Å²) < 4.78 is 0. The van der Waals surface area contributed by atoms with Crippen molar-refractivity contribution in [2.45, 2.75) is 53.4 Å². The molecule has 0 bridgehead atoms. The van der Waals surface area contributed by atoms with Gasteiger partial charge in [-0.1, -0.05) is 62.4 Å². The third-order valence-electron chi connectivity index (χ3n) is 6.95. The van der Waals surface area contributed by atoms with Crippen molar-refractivity contribution in [3.8, 4) is 0 Å². The Bertz CT molecular complexity index is 874. The van der Waals surface area contributed by atoms with Crippen LogP contribution in [0.1, 0.15) is 75.6 Å². The summed E-state index contributed by atoms with van der Waals surface area (Å²) in [7, 11) is 0. The van der Waals surface area contributed by atoms with E-state index in [0.717, 1.165) is 26.2 Å². The summed E-state index contributed by atoms with van der Waals surface area (Å²) in [5, 5.41) is 0. The van der Waals surface area contributed by atoms with Gasteiger partial charge in [0.05, 0.1) is 0 Å². The van der Waals surface area contributed by atoms with Crippen molar-refractivity contribution in [2.24, 2.45) is 0 Å². The van der Waals surface area contributed by atoms with Gasteiger partial charge in [-0.25, -0.2) is 0 Å². The molecule has 0 spiro atoms. The summed E-state index contributed by atoms with van der Waals surface area (Å²) in [4.78, 5) is 4.78. The molecule has 32 heavy (non-hydrogen) atoms. The summed E-state index contributed by atoms with van der Waals surface area (Å²) in [5.74, 6) is 0.746. The van der Waals surface area contributed by atoms with E-state index >= 15 is 0 Å². The van der Waals surface area contributed by atoms with Crippen molar-refractivity contribution in [1.82, 2.24) is 0 Å². The fourth-order valence-electron chi connectivity index (χ4n) is 4.61. The van der Waals surface area contributed by atoms with Gasteiger partial charge in [-0.3, -0.25) is 0 Å². The lowest BCUT2D eigenvalue weighted by Crippen LogP contribution is -2.21. The zero-order chi connectivity index (χ0) is 23.1. The molecule has 2 nitrogen and oxygen atoms in total. The normalized spacial score (nSPS) is 12.9. The maximum atomic E-state index is 2.39. The molecule has 0 aliphatic heterocycles. The molecule has 0 radical (unpaired) electrons. The summed E-state index contributed by atoms with van der Waals surface area (Å²) in [6, 6.07) is 27.4. The third-order valence-corrected chi connectivity index (χ3v) is 6.95. The highest BCUT2D eigenvalue weighted by Crippen LogP contribution is 2.31. The molecule has 2 atom stereocenters. The first-order valence-electron chi connectivity index (χ1n) is 12.3. The maximum absolute atomic E-state index is 2.39. The molecule has 0 saturated heterocycles. The van der Waals surface area contributed by atoms with Gasteiger partial charge in [-0.05, 0) is 74.2 Å². The number of nitrogens with zero attached hydrogens (tertiary/aromatic N) is 2. The van der Waals surface area contributed by atoms with Crippen molar-refractivity contribution in [3.05, 3.63) is 95.1 Å². The highest BCUT2D eigenvalue weighted by atomic mass is 15.1. The van der Waals surface area contributed by atoms with Crippen molar-refractivity contribution in [2.75, 3.05) is 36.0 Å². The smallest absolute Gasteiger partial charge is 0.0366 e. The number of rotatable bonds is 10. The van der Waals surface area contributed by atoms with Crippen LogP contribution < -0.4 is 9.80 Å². The van der Waals surface area contributed by atoms with Gasteiger partial charge < -0.3 is 9.80 Å². The molecule has 0 N–H and O–H groups in total. The Hall–Kier alpha value is -2.74. The predicted molar refractivity (Wildman–Crippen MR) is 141 cm³/mol. The highest BCUT2D eigenvalue weighted by Gasteiger charge is 2.14. The van der Waals surface area contributed by atoms with Gasteiger partial charge in [-0.15, -0.1) is 0 Å². The van der Waals surface area contributed by atoms with E-state index in [-0.39, 0.29) is 0 Å².